The second-order valence-electron chi connectivity index (χ2n) is 8.02. The smallest absolute Gasteiger partial charge is 0.272 e. The van der Waals surface area contributed by atoms with Crippen LogP contribution in [0.2, 0.25) is 5.02 Å². The van der Waals surface area contributed by atoms with Gasteiger partial charge in [-0.05, 0) is 31.7 Å². The topological polar surface area (TPSA) is 63.6 Å². The van der Waals surface area contributed by atoms with Gasteiger partial charge in [0.1, 0.15) is 5.69 Å². The SMILES string of the molecule is CCC(NC(=O)c1c(Cl)c(C(=O)N2CCCC2C)n2c1COCC2)c1ccccc1. The Morgan fingerprint density at radius 2 is 2.03 bits per heavy atom. The maximum absolute atomic E-state index is 13.3. The number of benzene rings is 1. The van der Waals surface area contributed by atoms with Crippen LogP contribution in [0.15, 0.2) is 30.3 Å². The van der Waals surface area contributed by atoms with E-state index in [2.05, 4.69) is 12.2 Å². The number of nitrogens with one attached hydrogen (secondary N) is 1. The summed E-state index contributed by atoms with van der Waals surface area (Å²) in [6.07, 6.45) is 2.73. The monoisotopic (exact) mass is 429 g/mol. The molecule has 160 valence electrons. The van der Waals surface area contributed by atoms with E-state index in [9.17, 15) is 9.59 Å². The molecule has 1 fully saturated rings. The quantitative estimate of drug-likeness (QED) is 0.775. The average Bonchev–Trinajstić information content (AvgIpc) is 3.32. The summed E-state index contributed by atoms with van der Waals surface area (Å²) in [6.45, 7) is 6.09. The van der Waals surface area contributed by atoms with Crippen LogP contribution in [-0.4, -0.2) is 40.5 Å². The Morgan fingerprint density at radius 3 is 2.70 bits per heavy atom. The number of carbonyl (C=O) groups excluding carboxylic acids is 2. The molecule has 3 heterocycles. The molecular formula is C23H28ClN3O3. The summed E-state index contributed by atoms with van der Waals surface area (Å²) in [5.41, 5.74) is 2.50. The number of amides is 2. The van der Waals surface area contributed by atoms with Gasteiger partial charge in [-0.1, -0.05) is 48.9 Å². The van der Waals surface area contributed by atoms with Crippen LogP contribution < -0.4 is 5.32 Å². The Labute approximate surface area is 182 Å². The lowest BCUT2D eigenvalue weighted by molar-refractivity contribution is 0.0684. The Morgan fingerprint density at radius 1 is 1.27 bits per heavy atom. The molecule has 2 atom stereocenters. The fourth-order valence-electron chi connectivity index (χ4n) is 4.50. The van der Waals surface area contributed by atoms with Crippen molar-refractivity contribution in [1.29, 1.82) is 0 Å². The largest absolute Gasteiger partial charge is 0.373 e. The normalized spacial score (nSPS) is 19.4. The zero-order chi connectivity index (χ0) is 21.3. The molecule has 2 unspecified atom stereocenters. The first-order chi connectivity index (χ1) is 14.5. The Bertz CT molecular complexity index is 941. The summed E-state index contributed by atoms with van der Waals surface area (Å²) in [5, 5.41) is 3.34. The highest BCUT2D eigenvalue weighted by molar-refractivity contribution is 6.37. The Hall–Kier alpha value is -2.31. The zero-order valence-electron chi connectivity index (χ0n) is 17.5. The van der Waals surface area contributed by atoms with Gasteiger partial charge in [-0.2, -0.15) is 0 Å². The fraction of sp³-hybridized carbons (Fsp3) is 0.478. The zero-order valence-corrected chi connectivity index (χ0v) is 18.2. The highest BCUT2D eigenvalue weighted by atomic mass is 35.5. The van der Waals surface area contributed by atoms with Crippen LogP contribution in [-0.2, 0) is 17.9 Å². The number of fused-ring (bicyclic) bond motifs is 1. The standard InChI is InChI=1S/C23H28ClN3O3/c1-3-17(16-9-5-4-6-10-16)25-22(28)19-18-14-30-13-12-27(18)21(20(19)24)23(29)26-11-7-8-15(26)2/h4-6,9-10,15,17H,3,7-8,11-14H2,1-2H3,(H,25,28). The molecule has 30 heavy (non-hydrogen) atoms. The lowest BCUT2D eigenvalue weighted by atomic mass is 10.0. The third-order valence-corrected chi connectivity index (χ3v) is 6.54. The van der Waals surface area contributed by atoms with Crippen molar-refractivity contribution in [3.63, 3.8) is 0 Å². The van der Waals surface area contributed by atoms with E-state index in [0.717, 1.165) is 31.4 Å². The van der Waals surface area contributed by atoms with Crippen molar-refractivity contribution >= 4 is 23.4 Å². The van der Waals surface area contributed by atoms with E-state index in [-0.39, 0.29) is 35.5 Å². The number of likely N-dealkylation sites (tertiary alicyclic amines) is 1. The first kappa shape index (κ1) is 20.9. The van der Waals surface area contributed by atoms with Gasteiger partial charge in [-0.15, -0.1) is 0 Å². The third-order valence-electron chi connectivity index (χ3n) is 6.17. The van der Waals surface area contributed by atoms with Crippen LogP contribution in [0.5, 0.6) is 0 Å². The molecule has 1 aromatic heterocycles. The van der Waals surface area contributed by atoms with Crippen LogP contribution in [0.1, 0.15) is 71.3 Å². The van der Waals surface area contributed by atoms with Gasteiger partial charge >= 0.3 is 0 Å². The molecule has 2 aliphatic heterocycles. The summed E-state index contributed by atoms with van der Waals surface area (Å²) < 4.78 is 7.50. The van der Waals surface area contributed by atoms with Gasteiger partial charge in [-0.3, -0.25) is 9.59 Å². The van der Waals surface area contributed by atoms with Crippen molar-refractivity contribution in [3.8, 4) is 0 Å². The van der Waals surface area contributed by atoms with Crippen LogP contribution >= 0.6 is 11.6 Å². The molecule has 1 N–H and O–H groups in total. The van der Waals surface area contributed by atoms with Crippen LogP contribution in [0, 0.1) is 0 Å². The van der Waals surface area contributed by atoms with Gasteiger partial charge < -0.3 is 19.5 Å². The first-order valence-corrected chi connectivity index (χ1v) is 11.1. The van der Waals surface area contributed by atoms with Crippen LogP contribution in [0.4, 0.5) is 0 Å². The number of carbonyl (C=O) groups is 2. The van der Waals surface area contributed by atoms with Crippen LogP contribution in [0.25, 0.3) is 0 Å². The molecule has 7 heteroatoms. The predicted octanol–water partition coefficient (Wildman–Crippen LogP) is 4.18. The molecule has 0 bridgehead atoms. The summed E-state index contributed by atoms with van der Waals surface area (Å²) in [4.78, 5) is 28.5. The molecule has 2 aromatic rings. The predicted molar refractivity (Wildman–Crippen MR) is 116 cm³/mol. The van der Waals surface area contributed by atoms with Gasteiger partial charge in [0.25, 0.3) is 11.8 Å². The molecule has 0 spiro atoms. The summed E-state index contributed by atoms with van der Waals surface area (Å²) in [6, 6.07) is 9.91. The van der Waals surface area contributed by atoms with Crippen molar-refractivity contribution < 1.29 is 14.3 Å². The van der Waals surface area contributed by atoms with Crippen molar-refractivity contribution in [3.05, 3.63) is 57.9 Å². The minimum atomic E-state index is -0.265. The van der Waals surface area contributed by atoms with Gasteiger partial charge in [-0.25, -0.2) is 0 Å². The van der Waals surface area contributed by atoms with Gasteiger partial charge in [0.15, 0.2) is 0 Å². The highest BCUT2D eigenvalue weighted by Crippen LogP contribution is 2.34. The Balaban J connectivity index is 1.69. The number of aromatic nitrogens is 1. The fourth-order valence-corrected chi connectivity index (χ4v) is 4.88. The molecule has 4 rings (SSSR count). The number of halogens is 1. The van der Waals surface area contributed by atoms with Crippen molar-refractivity contribution in [2.45, 2.75) is 58.3 Å². The molecule has 0 saturated carbocycles. The second kappa shape index (κ2) is 8.82. The van der Waals surface area contributed by atoms with Gasteiger partial charge in [0.2, 0.25) is 0 Å². The Kier molecular flexibility index (Phi) is 6.16. The number of rotatable bonds is 5. The lowest BCUT2D eigenvalue weighted by Crippen LogP contribution is -2.36. The molecule has 0 aliphatic carbocycles. The number of hydrogen-bond acceptors (Lipinski definition) is 3. The van der Waals surface area contributed by atoms with Crippen molar-refractivity contribution in [1.82, 2.24) is 14.8 Å². The molecule has 2 amide bonds. The molecule has 0 radical (unpaired) electrons. The molecule has 2 aliphatic rings. The number of ether oxygens (including phenoxy) is 1. The minimum absolute atomic E-state index is 0.0951. The van der Waals surface area contributed by atoms with Crippen molar-refractivity contribution in [2.24, 2.45) is 0 Å². The first-order valence-electron chi connectivity index (χ1n) is 10.7. The van der Waals surface area contributed by atoms with Crippen molar-refractivity contribution in [2.75, 3.05) is 13.2 Å². The van der Waals surface area contributed by atoms with E-state index in [1.807, 2.05) is 46.7 Å². The minimum Gasteiger partial charge on any atom is -0.373 e. The maximum Gasteiger partial charge on any atom is 0.272 e. The molecule has 1 saturated heterocycles. The van der Waals surface area contributed by atoms with E-state index in [0.29, 0.717) is 30.1 Å². The molecule has 1 aromatic carbocycles. The highest BCUT2D eigenvalue weighted by Gasteiger charge is 2.36. The van der Waals surface area contributed by atoms with E-state index >= 15 is 0 Å². The molecular weight excluding hydrogens is 402 g/mol. The van der Waals surface area contributed by atoms with Gasteiger partial charge in [0.05, 0.1) is 35.5 Å². The summed E-state index contributed by atoms with van der Waals surface area (Å²) >= 11 is 6.72. The maximum atomic E-state index is 13.3. The second-order valence-corrected chi connectivity index (χ2v) is 8.40. The van der Waals surface area contributed by atoms with E-state index in [1.165, 1.54) is 0 Å². The van der Waals surface area contributed by atoms with E-state index in [4.69, 9.17) is 16.3 Å². The summed E-state index contributed by atoms with van der Waals surface area (Å²) in [7, 11) is 0. The lowest BCUT2D eigenvalue weighted by Gasteiger charge is -2.24. The number of hydrogen-bond donors (Lipinski definition) is 1. The average molecular weight is 430 g/mol. The van der Waals surface area contributed by atoms with Crippen LogP contribution in [0.3, 0.4) is 0 Å². The molecule has 6 nitrogen and oxygen atoms in total. The summed E-state index contributed by atoms with van der Waals surface area (Å²) in [5.74, 6) is -0.360. The number of nitrogens with zero attached hydrogens (tertiary/aromatic N) is 2. The van der Waals surface area contributed by atoms with E-state index < -0.39 is 0 Å². The van der Waals surface area contributed by atoms with E-state index in [1.54, 1.807) is 0 Å². The van der Waals surface area contributed by atoms with Gasteiger partial charge in [0, 0.05) is 19.1 Å². The third kappa shape index (κ3) is 3.74.